The number of halogens is 1. The molecule has 0 unspecified atom stereocenters. The van der Waals surface area contributed by atoms with E-state index < -0.39 is 0 Å². The van der Waals surface area contributed by atoms with Crippen molar-refractivity contribution < 1.29 is 0 Å². The van der Waals surface area contributed by atoms with Crippen molar-refractivity contribution in [3.8, 4) is 10.4 Å². The highest BCUT2D eigenvalue weighted by molar-refractivity contribution is 7.99. The summed E-state index contributed by atoms with van der Waals surface area (Å²) in [5.41, 5.74) is 4.81. The van der Waals surface area contributed by atoms with Gasteiger partial charge in [-0.25, -0.2) is 0 Å². The fraction of sp³-hybridized carbons (Fsp3) is 0. The number of hydrogen-bond donors (Lipinski definition) is 0. The second-order valence-electron chi connectivity index (χ2n) is 6.02. The van der Waals surface area contributed by atoms with Crippen molar-refractivity contribution in [3.63, 3.8) is 0 Å². The van der Waals surface area contributed by atoms with E-state index in [0.29, 0.717) is 0 Å². The van der Waals surface area contributed by atoms with Crippen LogP contribution in [0.5, 0.6) is 0 Å². The Morgan fingerprint density at radius 1 is 0.654 bits per heavy atom. The van der Waals surface area contributed by atoms with Gasteiger partial charge in [-0.05, 0) is 54.1 Å². The molecule has 1 aliphatic heterocycles. The number of nitrogens with zero attached hydrogens (tertiary/aromatic N) is 1. The van der Waals surface area contributed by atoms with Gasteiger partial charge in [0.2, 0.25) is 0 Å². The number of benzene rings is 3. The SMILES string of the molecule is Clc1ccc(-c2ccc(N3c4ccccc4Sc4ccccc43)cc2)s1. The van der Waals surface area contributed by atoms with E-state index >= 15 is 0 Å². The number of fused-ring (bicyclic) bond motifs is 2. The Bertz CT molecular complexity index is 1040. The second kappa shape index (κ2) is 6.51. The Hall–Kier alpha value is -2.20. The van der Waals surface area contributed by atoms with Crippen molar-refractivity contribution in [1.82, 2.24) is 0 Å². The molecule has 5 rings (SSSR count). The summed E-state index contributed by atoms with van der Waals surface area (Å²) < 4.78 is 0.819. The van der Waals surface area contributed by atoms with Gasteiger partial charge >= 0.3 is 0 Å². The average Bonchev–Trinajstić information content (AvgIpc) is 3.12. The van der Waals surface area contributed by atoms with Gasteiger partial charge in [-0.15, -0.1) is 11.3 Å². The smallest absolute Gasteiger partial charge is 0.0934 e. The second-order valence-corrected chi connectivity index (χ2v) is 8.82. The first-order valence-electron chi connectivity index (χ1n) is 8.31. The summed E-state index contributed by atoms with van der Waals surface area (Å²) >= 11 is 9.52. The molecule has 0 fully saturated rings. The minimum atomic E-state index is 0.819. The molecule has 0 amide bonds. The molecule has 0 saturated heterocycles. The third-order valence-electron chi connectivity index (χ3n) is 4.42. The number of hydrogen-bond acceptors (Lipinski definition) is 3. The van der Waals surface area contributed by atoms with Crippen LogP contribution in [0.3, 0.4) is 0 Å². The van der Waals surface area contributed by atoms with Crippen LogP contribution in [0.4, 0.5) is 17.1 Å². The standard InChI is InChI=1S/C22H14ClNS2/c23-22-14-13-19(26-22)15-9-11-16(12-10-15)24-17-5-1-3-7-20(17)25-21-8-4-2-6-18(21)24/h1-14H. The van der Waals surface area contributed by atoms with E-state index in [0.717, 1.165) is 10.0 Å². The van der Waals surface area contributed by atoms with Crippen LogP contribution in [-0.2, 0) is 0 Å². The van der Waals surface area contributed by atoms with Crippen molar-refractivity contribution in [2.75, 3.05) is 4.90 Å². The summed E-state index contributed by atoms with van der Waals surface area (Å²) in [7, 11) is 0. The Balaban J connectivity index is 1.62. The number of rotatable bonds is 2. The number of thiophene rings is 1. The van der Waals surface area contributed by atoms with Crippen LogP contribution in [-0.4, -0.2) is 0 Å². The maximum Gasteiger partial charge on any atom is 0.0934 e. The Morgan fingerprint density at radius 3 is 1.85 bits per heavy atom. The average molecular weight is 392 g/mol. The van der Waals surface area contributed by atoms with Gasteiger partial charge in [0.1, 0.15) is 0 Å². The summed E-state index contributed by atoms with van der Waals surface area (Å²) in [6.45, 7) is 0. The summed E-state index contributed by atoms with van der Waals surface area (Å²) in [6, 6.07) is 29.9. The Morgan fingerprint density at radius 2 is 1.27 bits per heavy atom. The van der Waals surface area contributed by atoms with E-state index in [1.165, 1.54) is 31.6 Å². The fourth-order valence-corrected chi connectivity index (χ4v) is 5.33. The number of anilines is 3. The molecule has 1 nitrogen and oxygen atoms in total. The monoisotopic (exact) mass is 391 g/mol. The third-order valence-corrected chi connectivity index (χ3v) is 6.83. The molecule has 0 saturated carbocycles. The highest BCUT2D eigenvalue weighted by Crippen LogP contribution is 2.51. The minimum Gasteiger partial charge on any atom is -0.308 e. The van der Waals surface area contributed by atoms with Gasteiger partial charge in [0.15, 0.2) is 0 Å². The molecule has 0 bridgehead atoms. The molecule has 3 aromatic carbocycles. The summed E-state index contributed by atoms with van der Waals surface area (Å²) in [6.07, 6.45) is 0. The maximum atomic E-state index is 6.08. The van der Waals surface area contributed by atoms with E-state index in [2.05, 4.69) is 83.8 Å². The van der Waals surface area contributed by atoms with Crippen LogP contribution < -0.4 is 4.90 Å². The lowest BCUT2D eigenvalue weighted by atomic mass is 10.1. The van der Waals surface area contributed by atoms with Crippen molar-refractivity contribution in [1.29, 1.82) is 0 Å². The van der Waals surface area contributed by atoms with Gasteiger partial charge in [0, 0.05) is 20.4 Å². The highest BCUT2D eigenvalue weighted by Gasteiger charge is 2.24. The van der Waals surface area contributed by atoms with E-state index in [-0.39, 0.29) is 0 Å². The molecule has 0 atom stereocenters. The molecule has 26 heavy (non-hydrogen) atoms. The van der Waals surface area contributed by atoms with E-state index in [1.54, 1.807) is 11.3 Å². The lowest BCUT2D eigenvalue weighted by molar-refractivity contribution is 1.17. The molecule has 0 radical (unpaired) electrons. The van der Waals surface area contributed by atoms with Crippen molar-refractivity contribution in [2.45, 2.75) is 9.79 Å². The first-order valence-corrected chi connectivity index (χ1v) is 10.3. The molecular weight excluding hydrogens is 378 g/mol. The van der Waals surface area contributed by atoms with Crippen LogP contribution in [0.1, 0.15) is 0 Å². The van der Waals surface area contributed by atoms with Gasteiger partial charge in [0.25, 0.3) is 0 Å². The Kier molecular flexibility index (Phi) is 4.01. The van der Waals surface area contributed by atoms with E-state index in [4.69, 9.17) is 11.6 Å². The molecule has 0 aliphatic carbocycles. The van der Waals surface area contributed by atoms with Gasteiger partial charge in [-0.1, -0.05) is 59.8 Å². The van der Waals surface area contributed by atoms with Crippen molar-refractivity contribution >= 4 is 51.8 Å². The van der Waals surface area contributed by atoms with E-state index in [1.807, 2.05) is 17.8 Å². The first kappa shape index (κ1) is 16.0. The molecule has 1 aromatic heterocycles. The largest absolute Gasteiger partial charge is 0.308 e. The van der Waals surface area contributed by atoms with Crippen molar-refractivity contribution in [2.24, 2.45) is 0 Å². The summed E-state index contributed by atoms with van der Waals surface area (Å²) in [5, 5.41) is 0. The summed E-state index contributed by atoms with van der Waals surface area (Å²) in [4.78, 5) is 6.09. The van der Waals surface area contributed by atoms with Crippen LogP contribution >= 0.6 is 34.7 Å². The lowest BCUT2D eigenvalue weighted by Gasteiger charge is -2.32. The van der Waals surface area contributed by atoms with Gasteiger partial charge in [0.05, 0.1) is 15.7 Å². The number of para-hydroxylation sites is 2. The van der Waals surface area contributed by atoms with Gasteiger partial charge in [-0.3, -0.25) is 0 Å². The van der Waals surface area contributed by atoms with Crippen LogP contribution in [0.2, 0.25) is 4.34 Å². The van der Waals surface area contributed by atoms with Crippen molar-refractivity contribution in [3.05, 3.63) is 89.3 Å². The maximum absolute atomic E-state index is 6.08. The zero-order valence-corrected chi connectivity index (χ0v) is 16.1. The molecule has 4 heteroatoms. The molecule has 126 valence electrons. The minimum absolute atomic E-state index is 0.819. The van der Waals surface area contributed by atoms with E-state index in [9.17, 15) is 0 Å². The lowest BCUT2D eigenvalue weighted by Crippen LogP contribution is -2.14. The Labute approximate surface area is 165 Å². The predicted octanol–water partition coefficient (Wildman–Crippen LogP) is 8.00. The quantitative estimate of drug-likeness (QED) is 0.300. The topological polar surface area (TPSA) is 3.24 Å². The third kappa shape index (κ3) is 2.73. The highest BCUT2D eigenvalue weighted by atomic mass is 35.5. The van der Waals surface area contributed by atoms with Crippen LogP contribution in [0, 0.1) is 0 Å². The molecule has 0 N–H and O–H groups in total. The predicted molar refractivity (Wildman–Crippen MR) is 114 cm³/mol. The molecule has 1 aliphatic rings. The first-order chi connectivity index (χ1) is 12.8. The van der Waals surface area contributed by atoms with Gasteiger partial charge < -0.3 is 4.90 Å². The molecule has 4 aromatic rings. The molecular formula is C22H14ClNS2. The summed E-state index contributed by atoms with van der Waals surface area (Å²) in [5.74, 6) is 0. The van der Waals surface area contributed by atoms with Crippen LogP contribution in [0.15, 0.2) is 94.7 Å². The fourth-order valence-electron chi connectivity index (χ4n) is 3.23. The normalized spacial score (nSPS) is 12.6. The molecule has 2 heterocycles. The zero-order chi connectivity index (χ0) is 17.5. The van der Waals surface area contributed by atoms with Crippen LogP contribution in [0.25, 0.3) is 10.4 Å². The zero-order valence-electron chi connectivity index (χ0n) is 13.7. The molecule has 0 spiro atoms. The van der Waals surface area contributed by atoms with Gasteiger partial charge in [-0.2, -0.15) is 0 Å².